The normalized spacial score (nSPS) is 10.7. The highest BCUT2D eigenvalue weighted by Crippen LogP contribution is 2.12. The number of hydrogen-bond acceptors (Lipinski definition) is 4. The van der Waals surface area contributed by atoms with E-state index in [1.165, 1.54) is 0 Å². The van der Waals surface area contributed by atoms with Crippen LogP contribution >= 0.6 is 0 Å². The molecule has 4 nitrogen and oxygen atoms in total. The van der Waals surface area contributed by atoms with Crippen LogP contribution in [-0.2, 0) is 0 Å². The lowest BCUT2D eigenvalue weighted by Crippen LogP contribution is -1.98. The molecular formula is C27H18N4. The summed E-state index contributed by atoms with van der Waals surface area (Å²) in [6, 6.07) is 28.5. The van der Waals surface area contributed by atoms with Crippen molar-refractivity contribution < 1.29 is 0 Å². The molecule has 0 saturated heterocycles. The molecule has 31 heavy (non-hydrogen) atoms. The number of nitriles is 3. The Morgan fingerprint density at radius 3 is 1.13 bits per heavy atom. The van der Waals surface area contributed by atoms with Gasteiger partial charge in [0.25, 0.3) is 0 Å². The molecule has 0 aliphatic carbocycles. The van der Waals surface area contributed by atoms with Crippen LogP contribution < -0.4 is 0 Å². The van der Waals surface area contributed by atoms with Crippen molar-refractivity contribution in [3.8, 4) is 18.2 Å². The number of nitrogens with zero attached hydrogens (tertiary/aromatic N) is 4. The second kappa shape index (κ2) is 10.6. The summed E-state index contributed by atoms with van der Waals surface area (Å²) < 4.78 is 0. The molecule has 0 amide bonds. The monoisotopic (exact) mass is 398 g/mol. The molecule has 4 heteroatoms. The summed E-state index contributed by atoms with van der Waals surface area (Å²) in [6.07, 6.45) is 11.4. The molecule has 3 aromatic rings. The van der Waals surface area contributed by atoms with E-state index < -0.39 is 0 Å². The van der Waals surface area contributed by atoms with Gasteiger partial charge in [-0.25, -0.2) is 0 Å². The molecular weight excluding hydrogens is 380 g/mol. The van der Waals surface area contributed by atoms with Crippen molar-refractivity contribution in [2.24, 2.45) is 0 Å². The summed E-state index contributed by atoms with van der Waals surface area (Å²) in [5.74, 6) is 0. The molecule has 0 bridgehead atoms. The molecule has 0 saturated carbocycles. The SMILES string of the molecule is N#Cc1cccc(C=CN(C=Cc2cccc(C#N)c2)C=Cc2cccc(C#N)c2)c1. The van der Waals surface area contributed by atoms with Gasteiger partial charge >= 0.3 is 0 Å². The zero-order valence-corrected chi connectivity index (χ0v) is 16.7. The third-order valence-electron chi connectivity index (χ3n) is 4.36. The molecule has 146 valence electrons. The fourth-order valence-corrected chi connectivity index (χ4v) is 2.80. The van der Waals surface area contributed by atoms with Crippen LogP contribution in [0.2, 0.25) is 0 Å². The van der Waals surface area contributed by atoms with E-state index in [9.17, 15) is 0 Å². The van der Waals surface area contributed by atoms with Crippen molar-refractivity contribution in [2.75, 3.05) is 0 Å². The Bertz CT molecular complexity index is 1120. The molecule has 3 aromatic carbocycles. The minimum Gasteiger partial charge on any atom is -0.331 e. The second-order valence-corrected chi connectivity index (χ2v) is 6.61. The molecule has 0 fully saturated rings. The van der Waals surface area contributed by atoms with Crippen LogP contribution in [0.15, 0.2) is 91.4 Å². The molecule has 0 aliphatic rings. The minimum atomic E-state index is 0.599. The highest BCUT2D eigenvalue weighted by molar-refractivity contribution is 5.57. The Labute approximate surface area is 182 Å². The van der Waals surface area contributed by atoms with Crippen LogP contribution in [-0.4, -0.2) is 4.90 Å². The van der Waals surface area contributed by atoms with E-state index in [1.54, 1.807) is 18.2 Å². The summed E-state index contributed by atoms with van der Waals surface area (Å²) in [7, 11) is 0. The molecule has 0 aliphatic heterocycles. The lowest BCUT2D eigenvalue weighted by Gasteiger charge is -2.10. The van der Waals surface area contributed by atoms with E-state index in [4.69, 9.17) is 15.8 Å². The van der Waals surface area contributed by atoms with Crippen LogP contribution in [0.1, 0.15) is 33.4 Å². The van der Waals surface area contributed by atoms with Crippen molar-refractivity contribution in [3.05, 3.63) is 125 Å². The van der Waals surface area contributed by atoms with E-state index in [2.05, 4.69) is 18.2 Å². The van der Waals surface area contributed by atoms with Gasteiger partial charge in [-0.1, -0.05) is 36.4 Å². The Hall–Kier alpha value is -4.85. The van der Waals surface area contributed by atoms with Crippen LogP contribution in [0.5, 0.6) is 0 Å². The number of rotatable bonds is 6. The van der Waals surface area contributed by atoms with E-state index in [0.717, 1.165) is 16.7 Å². The van der Waals surface area contributed by atoms with Gasteiger partial charge in [0, 0.05) is 18.6 Å². The lowest BCUT2D eigenvalue weighted by atomic mass is 10.1. The van der Waals surface area contributed by atoms with Gasteiger partial charge in [-0.2, -0.15) is 15.8 Å². The smallest absolute Gasteiger partial charge is 0.0991 e. The Morgan fingerprint density at radius 1 is 0.516 bits per heavy atom. The van der Waals surface area contributed by atoms with Crippen molar-refractivity contribution in [2.45, 2.75) is 0 Å². The zero-order chi connectivity index (χ0) is 21.9. The molecule has 0 unspecified atom stereocenters. The maximum atomic E-state index is 9.09. The topological polar surface area (TPSA) is 74.6 Å². The maximum absolute atomic E-state index is 9.09. The molecule has 0 heterocycles. The zero-order valence-electron chi connectivity index (χ0n) is 16.7. The minimum absolute atomic E-state index is 0.599. The Morgan fingerprint density at radius 2 is 0.839 bits per heavy atom. The van der Waals surface area contributed by atoms with E-state index in [0.29, 0.717) is 16.7 Å². The van der Waals surface area contributed by atoms with Gasteiger partial charge in [-0.3, -0.25) is 0 Å². The first kappa shape index (κ1) is 20.9. The average Bonchev–Trinajstić information content (AvgIpc) is 2.83. The number of benzene rings is 3. The van der Waals surface area contributed by atoms with Gasteiger partial charge in [0.2, 0.25) is 0 Å². The fraction of sp³-hybridized carbons (Fsp3) is 0. The van der Waals surface area contributed by atoms with Crippen molar-refractivity contribution in [3.63, 3.8) is 0 Å². The maximum Gasteiger partial charge on any atom is 0.0991 e. The lowest BCUT2D eigenvalue weighted by molar-refractivity contribution is 0.707. The highest BCUT2D eigenvalue weighted by atomic mass is 15.1. The fourth-order valence-electron chi connectivity index (χ4n) is 2.80. The second-order valence-electron chi connectivity index (χ2n) is 6.61. The third-order valence-corrected chi connectivity index (χ3v) is 4.36. The summed E-state index contributed by atoms with van der Waals surface area (Å²) in [5.41, 5.74) is 4.51. The predicted molar refractivity (Wildman–Crippen MR) is 122 cm³/mol. The van der Waals surface area contributed by atoms with Gasteiger partial charge in [-0.05, 0) is 71.3 Å². The summed E-state index contributed by atoms with van der Waals surface area (Å²) in [6.45, 7) is 0. The van der Waals surface area contributed by atoms with Crippen molar-refractivity contribution in [1.82, 2.24) is 4.90 Å². The first-order chi connectivity index (χ1) is 15.2. The molecule has 3 rings (SSSR count). The summed E-state index contributed by atoms with van der Waals surface area (Å²) in [5, 5.41) is 27.3. The van der Waals surface area contributed by atoms with Crippen molar-refractivity contribution in [1.29, 1.82) is 15.8 Å². The van der Waals surface area contributed by atoms with Gasteiger partial charge in [-0.15, -0.1) is 0 Å². The third kappa shape index (κ3) is 6.33. The number of hydrogen-bond donors (Lipinski definition) is 0. The molecule has 0 spiro atoms. The Balaban J connectivity index is 1.88. The molecule has 0 radical (unpaired) electrons. The van der Waals surface area contributed by atoms with Crippen LogP contribution in [0.25, 0.3) is 18.2 Å². The Kier molecular flexibility index (Phi) is 7.16. The summed E-state index contributed by atoms with van der Waals surface area (Å²) in [4.78, 5) is 1.87. The standard InChI is InChI=1S/C27H18N4/c28-19-25-7-1-4-22(16-25)10-13-31(14-11-23-5-2-8-26(17-23)20-29)15-12-24-6-3-9-27(18-24)21-30/h1-18H. The first-order valence-electron chi connectivity index (χ1n) is 9.53. The highest BCUT2D eigenvalue weighted by Gasteiger charge is 1.96. The molecule has 0 atom stereocenters. The van der Waals surface area contributed by atoms with E-state index in [1.807, 2.05) is 96.3 Å². The molecule has 0 aromatic heterocycles. The van der Waals surface area contributed by atoms with Crippen molar-refractivity contribution >= 4 is 18.2 Å². The quantitative estimate of drug-likeness (QED) is 0.517. The predicted octanol–water partition coefficient (Wildman–Crippen LogP) is 5.92. The van der Waals surface area contributed by atoms with Gasteiger partial charge in [0.05, 0.1) is 34.9 Å². The van der Waals surface area contributed by atoms with Crippen LogP contribution in [0, 0.1) is 34.0 Å². The van der Waals surface area contributed by atoms with Crippen LogP contribution in [0.4, 0.5) is 0 Å². The first-order valence-corrected chi connectivity index (χ1v) is 9.53. The molecule has 0 N–H and O–H groups in total. The van der Waals surface area contributed by atoms with E-state index in [-0.39, 0.29) is 0 Å². The van der Waals surface area contributed by atoms with Gasteiger partial charge < -0.3 is 4.90 Å². The van der Waals surface area contributed by atoms with Gasteiger partial charge in [0.15, 0.2) is 0 Å². The average molecular weight is 398 g/mol. The van der Waals surface area contributed by atoms with Gasteiger partial charge in [0.1, 0.15) is 0 Å². The van der Waals surface area contributed by atoms with Crippen LogP contribution in [0.3, 0.4) is 0 Å². The largest absolute Gasteiger partial charge is 0.331 e. The van der Waals surface area contributed by atoms with E-state index >= 15 is 0 Å². The summed E-state index contributed by atoms with van der Waals surface area (Å²) >= 11 is 0.